The summed E-state index contributed by atoms with van der Waals surface area (Å²) in [7, 11) is 1.29. The monoisotopic (exact) mass is 448 g/mol. The number of nitrogens with zero attached hydrogens (tertiary/aromatic N) is 2. The van der Waals surface area contributed by atoms with Crippen LogP contribution < -0.4 is 5.32 Å². The SMILES string of the molecule is COC(=O)N[C@H](C(=O)N1CCCC1c1ncc(-c2ccc(Br)cc2)[nH]1)C(C)C. The molecule has 1 aromatic heterocycles. The van der Waals surface area contributed by atoms with Gasteiger partial charge in [-0.15, -0.1) is 0 Å². The summed E-state index contributed by atoms with van der Waals surface area (Å²) in [6, 6.07) is 7.22. The molecule has 1 saturated heterocycles. The summed E-state index contributed by atoms with van der Waals surface area (Å²) >= 11 is 3.44. The average Bonchev–Trinajstić information content (AvgIpc) is 3.34. The van der Waals surface area contributed by atoms with Gasteiger partial charge in [0, 0.05) is 11.0 Å². The van der Waals surface area contributed by atoms with Gasteiger partial charge in [0.1, 0.15) is 11.9 Å². The van der Waals surface area contributed by atoms with E-state index in [1.165, 1.54) is 7.11 Å². The van der Waals surface area contributed by atoms with Crippen molar-refractivity contribution in [2.75, 3.05) is 13.7 Å². The quantitative estimate of drug-likeness (QED) is 0.726. The highest BCUT2D eigenvalue weighted by atomic mass is 79.9. The molecule has 2 heterocycles. The lowest BCUT2D eigenvalue weighted by atomic mass is 10.0. The third kappa shape index (κ3) is 4.38. The highest BCUT2D eigenvalue weighted by molar-refractivity contribution is 9.10. The summed E-state index contributed by atoms with van der Waals surface area (Å²) in [5.74, 6) is 0.608. The summed E-state index contributed by atoms with van der Waals surface area (Å²) in [5, 5.41) is 2.66. The predicted octanol–water partition coefficient (Wildman–Crippen LogP) is 3.88. The molecule has 1 aliphatic heterocycles. The molecule has 0 radical (unpaired) electrons. The fraction of sp³-hybridized carbons (Fsp3) is 0.450. The Morgan fingerprint density at radius 1 is 1.32 bits per heavy atom. The lowest BCUT2D eigenvalue weighted by Gasteiger charge is -2.30. The summed E-state index contributed by atoms with van der Waals surface area (Å²) < 4.78 is 5.69. The Bertz CT molecular complexity index is 834. The lowest BCUT2D eigenvalue weighted by Crippen LogP contribution is -2.51. The van der Waals surface area contributed by atoms with E-state index in [-0.39, 0.29) is 17.9 Å². The number of H-pyrrole nitrogens is 1. The summed E-state index contributed by atoms with van der Waals surface area (Å²) in [6.07, 6.45) is 2.93. The Balaban J connectivity index is 1.79. The second kappa shape index (κ2) is 8.77. The number of rotatable bonds is 5. The highest BCUT2D eigenvalue weighted by Crippen LogP contribution is 2.32. The van der Waals surface area contributed by atoms with Crippen LogP contribution in [0.5, 0.6) is 0 Å². The molecule has 1 aromatic carbocycles. The van der Waals surface area contributed by atoms with Gasteiger partial charge in [-0.3, -0.25) is 4.79 Å². The van der Waals surface area contributed by atoms with E-state index in [1.54, 1.807) is 6.20 Å². The first-order chi connectivity index (χ1) is 13.4. The smallest absolute Gasteiger partial charge is 0.407 e. The van der Waals surface area contributed by atoms with Gasteiger partial charge in [0.25, 0.3) is 0 Å². The minimum atomic E-state index is -0.631. The number of likely N-dealkylation sites (tertiary alicyclic amines) is 1. The molecular weight excluding hydrogens is 424 g/mol. The van der Waals surface area contributed by atoms with E-state index in [9.17, 15) is 9.59 Å². The topological polar surface area (TPSA) is 87.3 Å². The van der Waals surface area contributed by atoms with Gasteiger partial charge in [-0.2, -0.15) is 0 Å². The average molecular weight is 449 g/mol. The third-order valence-electron chi connectivity index (χ3n) is 4.99. The van der Waals surface area contributed by atoms with Crippen LogP contribution in [0.1, 0.15) is 38.6 Å². The largest absolute Gasteiger partial charge is 0.453 e. The molecule has 3 rings (SSSR count). The molecule has 1 aliphatic rings. The van der Waals surface area contributed by atoms with Crippen LogP contribution in [0.25, 0.3) is 11.3 Å². The number of amides is 2. The standard InChI is InChI=1S/C20H25BrN4O3/c1-12(2)17(24-20(27)28-3)19(26)25-10-4-5-16(25)18-22-11-15(23-18)13-6-8-14(21)9-7-13/h6-9,11-12,16-17H,4-5,10H2,1-3H3,(H,22,23)(H,24,27)/t16?,17-/m0/s1. The summed E-state index contributed by atoms with van der Waals surface area (Å²) in [4.78, 5) is 34.5. The number of hydrogen-bond acceptors (Lipinski definition) is 4. The first kappa shape index (κ1) is 20.4. The van der Waals surface area contributed by atoms with Crippen LogP contribution in [-0.4, -0.2) is 46.6 Å². The molecule has 0 bridgehead atoms. The van der Waals surface area contributed by atoms with Crippen molar-refractivity contribution < 1.29 is 14.3 Å². The molecule has 0 aliphatic carbocycles. The molecule has 28 heavy (non-hydrogen) atoms. The molecule has 2 aromatic rings. The molecule has 2 atom stereocenters. The Hall–Kier alpha value is -2.35. The van der Waals surface area contributed by atoms with E-state index in [0.717, 1.165) is 34.4 Å². The molecule has 2 N–H and O–H groups in total. The molecule has 0 spiro atoms. The molecular formula is C20H25BrN4O3. The minimum Gasteiger partial charge on any atom is -0.453 e. The van der Waals surface area contributed by atoms with Crippen molar-refractivity contribution >= 4 is 27.9 Å². The van der Waals surface area contributed by atoms with Crippen molar-refractivity contribution in [2.45, 2.75) is 38.8 Å². The Kier molecular flexibility index (Phi) is 6.39. The minimum absolute atomic E-state index is 0.0530. The zero-order valence-corrected chi connectivity index (χ0v) is 17.8. The van der Waals surface area contributed by atoms with Crippen molar-refractivity contribution in [1.29, 1.82) is 0 Å². The zero-order chi connectivity index (χ0) is 20.3. The van der Waals surface area contributed by atoms with Crippen LogP contribution in [0.3, 0.4) is 0 Å². The maximum atomic E-state index is 13.1. The van der Waals surface area contributed by atoms with Crippen molar-refractivity contribution in [2.24, 2.45) is 5.92 Å². The normalized spacial score (nSPS) is 17.6. The molecule has 150 valence electrons. The summed E-state index contributed by atoms with van der Waals surface area (Å²) in [6.45, 7) is 4.45. The molecule has 8 heteroatoms. The second-order valence-corrected chi connectivity index (χ2v) is 8.15. The lowest BCUT2D eigenvalue weighted by molar-refractivity contribution is -0.135. The number of ether oxygens (including phenoxy) is 1. The van der Waals surface area contributed by atoms with Crippen LogP contribution in [0, 0.1) is 5.92 Å². The number of aromatic amines is 1. The van der Waals surface area contributed by atoms with Crippen molar-refractivity contribution in [3.05, 3.63) is 40.8 Å². The molecule has 7 nitrogen and oxygen atoms in total. The van der Waals surface area contributed by atoms with E-state index >= 15 is 0 Å². The Labute approximate surface area is 173 Å². The highest BCUT2D eigenvalue weighted by Gasteiger charge is 2.37. The number of carbonyl (C=O) groups is 2. The molecule has 0 saturated carbocycles. The number of halogens is 1. The fourth-order valence-corrected chi connectivity index (χ4v) is 3.74. The van der Waals surface area contributed by atoms with Crippen LogP contribution in [0.15, 0.2) is 34.9 Å². The van der Waals surface area contributed by atoms with Gasteiger partial charge in [0.2, 0.25) is 5.91 Å². The Morgan fingerprint density at radius 2 is 2.04 bits per heavy atom. The fourth-order valence-electron chi connectivity index (χ4n) is 3.47. The van der Waals surface area contributed by atoms with Gasteiger partial charge < -0.3 is 19.9 Å². The zero-order valence-electron chi connectivity index (χ0n) is 16.2. The Morgan fingerprint density at radius 3 is 2.68 bits per heavy atom. The first-order valence-corrected chi connectivity index (χ1v) is 10.2. The first-order valence-electron chi connectivity index (χ1n) is 9.36. The van der Waals surface area contributed by atoms with Gasteiger partial charge in [-0.25, -0.2) is 9.78 Å². The number of methoxy groups -OCH3 is 1. The van der Waals surface area contributed by atoms with Crippen molar-refractivity contribution in [3.63, 3.8) is 0 Å². The maximum absolute atomic E-state index is 13.1. The van der Waals surface area contributed by atoms with Gasteiger partial charge >= 0.3 is 6.09 Å². The second-order valence-electron chi connectivity index (χ2n) is 7.24. The molecule has 2 amide bonds. The van der Waals surface area contributed by atoms with E-state index in [0.29, 0.717) is 6.54 Å². The van der Waals surface area contributed by atoms with Gasteiger partial charge in [0.05, 0.1) is 25.0 Å². The molecule has 1 unspecified atom stereocenters. The van der Waals surface area contributed by atoms with E-state index < -0.39 is 12.1 Å². The van der Waals surface area contributed by atoms with Crippen LogP contribution >= 0.6 is 15.9 Å². The van der Waals surface area contributed by atoms with Crippen LogP contribution in [0.4, 0.5) is 4.79 Å². The molecule has 1 fully saturated rings. The van der Waals surface area contributed by atoms with Crippen molar-refractivity contribution in [1.82, 2.24) is 20.2 Å². The number of hydrogen-bond donors (Lipinski definition) is 2. The number of imidazole rings is 1. The number of aromatic nitrogens is 2. The number of benzene rings is 1. The van der Waals surface area contributed by atoms with E-state index in [4.69, 9.17) is 0 Å². The number of nitrogens with one attached hydrogen (secondary N) is 2. The van der Waals surface area contributed by atoms with Gasteiger partial charge in [0.15, 0.2) is 0 Å². The summed E-state index contributed by atoms with van der Waals surface area (Å²) in [5.41, 5.74) is 1.94. The van der Waals surface area contributed by atoms with Gasteiger partial charge in [-0.1, -0.05) is 41.9 Å². The van der Waals surface area contributed by atoms with Crippen LogP contribution in [-0.2, 0) is 9.53 Å². The van der Waals surface area contributed by atoms with Crippen LogP contribution in [0.2, 0.25) is 0 Å². The van der Waals surface area contributed by atoms with Gasteiger partial charge in [-0.05, 0) is 36.5 Å². The van der Waals surface area contributed by atoms with E-state index in [1.807, 2.05) is 43.0 Å². The van der Waals surface area contributed by atoms with E-state index in [2.05, 4.69) is 36.0 Å². The third-order valence-corrected chi connectivity index (χ3v) is 5.52. The maximum Gasteiger partial charge on any atom is 0.407 e. The predicted molar refractivity (Wildman–Crippen MR) is 110 cm³/mol. The number of carbonyl (C=O) groups excluding carboxylic acids is 2. The van der Waals surface area contributed by atoms with Crippen molar-refractivity contribution in [3.8, 4) is 11.3 Å². The number of alkyl carbamates (subject to hydrolysis) is 1.